The van der Waals surface area contributed by atoms with E-state index in [9.17, 15) is 0 Å². The Balaban J connectivity index is 0.00000242. The van der Waals surface area contributed by atoms with Gasteiger partial charge in [0.25, 0.3) is 0 Å². The number of hydrogen-bond acceptors (Lipinski definition) is 3. The molecule has 1 fully saturated rings. The van der Waals surface area contributed by atoms with E-state index in [0.29, 0.717) is 0 Å². The van der Waals surface area contributed by atoms with Crippen molar-refractivity contribution in [3.8, 4) is 5.75 Å². The Morgan fingerprint density at radius 1 is 1.36 bits per heavy atom. The molecule has 0 bridgehead atoms. The molecular formula is C16H25IN4O. The number of rotatable bonds is 4. The molecule has 1 N–H and O–H groups in total. The molecule has 1 aliphatic rings. The molecule has 1 heterocycles. The topological polar surface area (TPSA) is 40.1 Å². The van der Waals surface area contributed by atoms with Crippen molar-refractivity contribution in [2.75, 3.05) is 51.8 Å². The minimum atomic E-state index is 0. The van der Waals surface area contributed by atoms with Crippen LogP contribution in [0.3, 0.4) is 0 Å². The molecule has 2 rings (SSSR count). The first-order chi connectivity index (χ1) is 10.3. The number of guanidine groups is 1. The summed E-state index contributed by atoms with van der Waals surface area (Å²) >= 11 is 0. The van der Waals surface area contributed by atoms with Crippen molar-refractivity contribution in [2.24, 2.45) is 4.99 Å². The van der Waals surface area contributed by atoms with E-state index in [1.54, 1.807) is 7.11 Å². The van der Waals surface area contributed by atoms with Gasteiger partial charge in [0, 0.05) is 51.5 Å². The second-order valence-corrected chi connectivity index (χ2v) is 4.89. The van der Waals surface area contributed by atoms with Crippen molar-refractivity contribution in [1.82, 2.24) is 10.2 Å². The van der Waals surface area contributed by atoms with Crippen LogP contribution in [0.1, 0.15) is 0 Å². The molecule has 6 heteroatoms. The Morgan fingerprint density at radius 3 is 2.68 bits per heavy atom. The number of ether oxygens (including phenoxy) is 1. The molecule has 0 aliphatic carbocycles. The molecule has 0 amide bonds. The summed E-state index contributed by atoms with van der Waals surface area (Å²) in [6.45, 7) is 8.32. The fraction of sp³-hybridized carbons (Fsp3) is 0.438. The molecular weight excluding hydrogens is 391 g/mol. The maximum absolute atomic E-state index is 5.29. The van der Waals surface area contributed by atoms with Gasteiger partial charge in [0.1, 0.15) is 5.75 Å². The van der Waals surface area contributed by atoms with Gasteiger partial charge in [-0.2, -0.15) is 0 Å². The summed E-state index contributed by atoms with van der Waals surface area (Å²) in [4.78, 5) is 8.97. The molecule has 0 radical (unpaired) electrons. The molecule has 122 valence electrons. The van der Waals surface area contributed by atoms with E-state index in [2.05, 4.69) is 38.8 Å². The highest BCUT2D eigenvalue weighted by atomic mass is 127. The van der Waals surface area contributed by atoms with Crippen LogP contribution < -0.4 is 15.0 Å². The highest BCUT2D eigenvalue weighted by molar-refractivity contribution is 14.0. The summed E-state index contributed by atoms with van der Waals surface area (Å²) in [5.41, 5.74) is 1.21. The highest BCUT2D eigenvalue weighted by Gasteiger charge is 2.19. The van der Waals surface area contributed by atoms with Crippen LogP contribution in [0.15, 0.2) is 41.9 Å². The second-order valence-electron chi connectivity index (χ2n) is 4.89. The molecule has 1 aliphatic heterocycles. The van der Waals surface area contributed by atoms with Gasteiger partial charge in [0.05, 0.1) is 7.11 Å². The fourth-order valence-electron chi connectivity index (χ4n) is 2.48. The third-order valence-electron chi connectivity index (χ3n) is 3.61. The zero-order valence-electron chi connectivity index (χ0n) is 13.3. The van der Waals surface area contributed by atoms with Crippen molar-refractivity contribution in [1.29, 1.82) is 0 Å². The Morgan fingerprint density at radius 2 is 2.09 bits per heavy atom. The van der Waals surface area contributed by atoms with E-state index in [1.807, 2.05) is 25.3 Å². The number of nitrogens with one attached hydrogen (secondary N) is 1. The maximum Gasteiger partial charge on any atom is 0.194 e. The number of hydrogen-bond donors (Lipinski definition) is 1. The van der Waals surface area contributed by atoms with Gasteiger partial charge in [-0.3, -0.25) is 4.99 Å². The number of nitrogens with zero attached hydrogens (tertiary/aromatic N) is 3. The van der Waals surface area contributed by atoms with E-state index < -0.39 is 0 Å². The number of anilines is 1. The molecule has 1 aromatic rings. The van der Waals surface area contributed by atoms with Gasteiger partial charge in [-0.15, -0.1) is 30.6 Å². The number of aliphatic imine (C=N–C) groups is 1. The Kier molecular flexibility index (Phi) is 8.08. The normalized spacial score (nSPS) is 15.1. The standard InChI is InChI=1S/C16H24N4O.HI/c1-4-8-18-16(17-2)20-11-9-19(10-12-20)14-6-5-7-15(13-14)21-3;/h4-7,13H,1,8-12H2,2-3H3,(H,17,18);1H. The smallest absolute Gasteiger partial charge is 0.194 e. The van der Waals surface area contributed by atoms with Crippen LogP contribution in [-0.2, 0) is 0 Å². The minimum absolute atomic E-state index is 0. The molecule has 5 nitrogen and oxygen atoms in total. The van der Waals surface area contributed by atoms with Crippen LogP contribution in [0.2, 0.25) is 0 Å². The number of piperazine rings is 1. The van der Waals surface area contributed by atoms with Crippen molar-refractivity contribution in [3.05, 3.63) is 36.9 Å². The van der Waals surface area contributed by atoms with E-state index in [1.165, 1.54) is 5.69 Å². The summed E-state index contributed by atoms with van der Waals surface area (Å²) in [5.74, 6) is 1.85. The van der Waals surface area contributed by atoms with E-state index in [-0.39, 0.29) is 24.0 Å². The Bertz CT molecular complexity index is 499. The third-order valence-corrected chi connectivity index (χ3v) is 3.61. The second kappa shape index (κ2) is 9.55. The largest absolute Gasteiger partial charge is 0.497 e. The number of benzene rings is 1. The van der Waals surface area contributed by atoms with Gasteiger partial charge >= 0.3 is 0 Å². The Hall–Kier alpha value is -1.44. The minimum Gasteiger partial charge on any atom is -0.497 e. The summed E-state index contributed by atoms with van der Waals surface area (Å²) in [7, 11) is 3.52. The average molecular weight is 416 g/mol. The fourth-order valence-corrected chi connectivity index (χ4v) is 2.48. The lowest BCUT2D eigenvalue weighted by molar-refractivity contribution is 0.373. The molecule has 0 spiro atoms. The van der Waals surface area contributed by atoms with Gasteiger partial charge in [0.2, 0.25) is 0 Å². The summed E-state index contributed by atoms with van der Waals surface area (Å²) in [5, 5.41) is 3.28. The third kappa shape index (κ3) is 4.79. The van der Waals surface area contributed by atoms with E-state index in [4.69, 9.17) is 4.74 Å². The summed E-state index contributed by atoms with van der Waals surface area (Å²) in [6.07, 6.45) is 1.84. The van der Waals surface area contributed by atoms with Gasteiger partial charge in [-0.05, 0) is 12.1 Å². The summed E-state index contributed by atoms with van der Waals surface area (Å²) in [6, 6.07) is 8.22. The van der Waals surface area contributed by atoms with E-state index >= 15 is 0 Å². The van der Waals surface area contributed by atoms with Gasteiger partial charge in [-0.1, -0.05) is 12.1 Å². The molecule has 1 saturated heterocycles. The number of methoxy groups -OCH3 is 1. The quantitative estimate of drug-likeness (QED) is 0.354. The lowest BCUT2D eigenvalue weighted by Crippen LogP contribution is -2.52. The zero-order valence-corrected chi connectivity index (χ0v) is 15.6. The SMILES string of the molecule is C=CCNC(=NC)N1CCN(c2cccc(OC)c2)CC1.I. The lowest BCUT2D eigenvalue weighted by Gasteiger charge is -2.37. The van der Waals surface area contributed by atoms with Crippen LogP contribution >= 0.6 is 24.0 Å². The lowest BCUT2D eigenvalue weighted by atomic mass is 10.2. The van der Waals surface area contributed by atoms with E-state index in [0.717, 1.165) is 44.4 Å². The monoisotopic (exact) mass is 416 g/mol. The van der Waals surface area contributed by atoms with Crippen molar-refractivity contribution < 1.29 is 4.74 Å². The summed E-state index contributed by atoms with van der Waals surface area (Å²) < 4.78 is 5.29. The molecule has 1 aromatic carbocycles. The molecule has 0 atom stereocenters. The van der Waals surface area contributed by atoms with Gasteiger partial charge in [-0.25, -0.2) is 0 Å². The van der Waals surface area contributed by atoms with Crippen LogP contribution in [0.5, 0.6) is 5.75 Å². The first-order valence-corrected chi connectivity index (χ1v) is 7.24. The zero-order chi connectivity index (χ0) is 15.1. The Labute approximate surface area is 150 Å². The molecule has 22 heavy (non-hydrogen) atoms. The highest BCUT2D eigenvalue weighted by Crippen LogP contribution is 2.22. The maximum atomic E-state index is 5.29. The van der Waals surface area contributed by atoms with Gasteiger partial charge < -0.3 is 19.9 Å². The number of halogens is 1. The van der Waals surface area contributed by atoms with Crippen molar-refractivity contribution in [3.63, 3.8) is 0 Å². The van der Waals surface area contributed by atoms with Gasteiger partial charge in [0.15, 0.2) is 5.96 Å². The van der Waals surface area contributed by atoms with Crippen LogP contribution in [0.4, 0.5) is 5.69 Å². The van der Waals surface area contributed by atoms with Crippen molar-refractivity contribution in [2.45, 2.75) is 0 Å². The van der Waals surface area contributed by atoms with Crippen LogP contribution in [-0.4, -0.2) is 57.7 Å². The predicted molar refractivity (Wildman–Crippen MR) is 104 cm³/mol. The predicted octanol–water partition coefficient (Wildman–Crippen LogP) is 2.20. The van der Waals surface area contributed by atoms with Crippen molar-refractivity contribution >= 4 is 35.6 Å². The molecule has 0 aromatic heterocycles. The molecule has 0 saturated carbocycles. The van der Waals surface area contributed by atoms with Crippen LogP contribution in [0, 0.1) is 0 Å². The first-order valence-electron chi connectivity index (χ1n) is 7.24. The average Bonchev–Trinajstić information content (AvgIpc) is 2.56. The first kappa shape index (κ1) is 18.6. The molecule has 0 unspecified atom stereocenters. The van der Waals surface area contributed by atoms with Crippen LogP contribution in [0.25, 0.3) is 0 Å².